The van der Waals surface area contributed by atoms with Crippen molar-refractivity contribution in [2.45, 2.75) is 32.2 Å². The van der Waals surface area contributed by atoms with Crippen molar-refractivity contribution in [3.63, 3.8) is 0 Å². The summed E-state index contributed by atoms with van der Waals surface area (Å²) >= 11 is 5.93. The van der Waals surface area contributed by atoms with Crippen LogP contribution >= 0.6 is 11.6 Å². The van der Waals surface area contributed by atoms with Gasteiger partial charge in [-0.1, -0.05) is 23.7 Å². The van der Waals surface area contributed by atoms with Gasteiger partial charge in [0.05, 0.1) is 33.6 Å². The van der Waals surface area contributed by atoms with Crippen molar-refractivity contribution in [3.8, 4) is 5.69 Å². The molecule has 1 saturated carbocycles. The van der Waals surface area contributed by atoms with Crippen LogP contribution in [0, 0.1) is 6.92 Å². The molecule has 1 fully saturated rings. The van der Waals surface area contributed by atoms with Gasteiger partial charge in [-0.3, -0.25) is 9.48 Å². The number of halogens is 1. The third-order valence-electron chi connectivity index (χ3n) is 5.43. The lowest BCUT2D eigenvalue weighted by atomic mass is 10.1. The number of benzene rings is 1. The van der Waals surface area contributed by atoms with Gasteiger partial charge < -0.3 is 5.32 Å². The summed E-state index contributed by atoms with van der Waals surface area (Å²) in [5.74, 6) is 0.350. The summed E-state index contributed by atoms with van der Waals surface area (Å²) in [6, 6.07) is 9.78. The van der Waals surface area contributed by atoms with E-state index in [0.29, 0.717) is 23.0 Å². The molecule has 0 atom stereocenters. The minimum absolute atomic E-state index is 0.108. The molecule has 0 bridgehead atoms. The number of aryl methyl sites for hydroxylation is 2. The van der Waals surface area contributed by atoms with Crippen molar-refractivity contribution in [2.24, 2.45) is 7.05 Å². The first-order valence-corrected chi connectivity index (χ1v) is 10.3. The standard InChI is InChI=1S/C22H21ClN6O/c1-13-20-18(9-19(15-5-6-15)26-21(20)28(2)27-13)22(30)24-10-14-3-7-17(8-4-14)29-12-16(23)11-25-29/h3-4,7-9,11-12,15H,5-6,10H2,1-2H3,(H,24,30). The van der Waals surface area contributed by atoms with Crippen molar-refractivity contribution in [3.05, 3.63) is 70.3 Å². The number of hydrogen-bond donors (Lipinski definition) is 1. The number of carbonyl (C=O) groups is 1. The topological polar surface area (TPSA) is 77.6 Å². The lowest BCUT2D eigenvalue weighted by Crippen LogP contribution is -2.23. The van der Waals surface area contributed by atoms with Gasteiger partial charge >= 0.3 is 0 Å². The first-order valence-electron chi connectivity index (χ1n) is 9.91. The average Bonchev–Trinajstić information content (AvgIpc) is 3.45. The second-order valence-corrected chi connectivity index (χ2v) is 8.17. The van der Waals surface area contributed by atoms with Crippen molar-refractivity contribution in [2.75, 3.05) is 0 Å². The Hall–Kier alpha value is -3.19. The molecule has 4 aromatic rings. The van der Waals surface area contributed by atoms with Crippen LogP contribution in [0.5, 0.6) is 0 Å². The first kappa shape index (κ1) is 18.8. The molecule has 5 rings (SSSR count). The highest BCUT2D eigenvalue weighted by molar-refractivity contribution is 6.30. The van der Waals surface area contributed by atoms with E-state index in [-0.39, 0.29) is 5.91 Å². The molecule has 0 spiro atoms. The van der Waals surface area contributed by atoms with Crippen LogP contribution in [0.1, 0.15) is 46.1 Å². The van der Waals surface area contributed by atoms with Gasteiger partial charge in [-0.15, -0.1) is 0 Å². The van der Waals surface area contributed by atoms with E-state index in [0.717, 1.165) is 46.5 Å². The van der Waals surface area contributed by atoms with Gasteiger partial charge in [-0.2, -0.15) is 10.2 Å². The molecule has 30 heavy (non-hydrogen) atoms. The maximum absolute atomic E-state index is 13.1. The van der Waals surface area contributed by atoms with Gasteiger partial charge in [0.1, 0.15) is 0 Å². The predicted octanol–water partition coefficient (Wildman–Crippen LogP) is 3.92. The molecule has 8 heteroatoms. The summed E-state index contributed by atoms with van der Waals surface area (Å²) in [7, 11) is 1.87. The Labute approximate surface area is 178 Å². The number of pyridine rings is 1. The van der Waals surface area contributed by atoms with E-state index in [1.807, 2.05) is 44.3 Å². The van der Waals surface area contributed by atoms with E-state index in [4.69, 9.17) is 16.6 Å². The molecule has 0 aliphatic heterocycles. The number of nitrogens with one attached hydrogen (secondary N) is 1. The Balaban J connectivity index is 1.37. The normalized spacial score (nSPS) is 13.7. The molecule has 0 saturated heterocycles. The van der Waals surface area contributed by atoms with Gasteiger partial charge in [0, 0.05) is 31.4 Å². The summed E-state index contributed by atoms with van der Waals surface area (Å²) in [5, 5.41) is 13.1. The molecule has 1 amide bonds. The molecule has 0 radical (unpaired) electrons. The highest BCUT2D eigenvalue weighted by Gasteiger charge is 2.28. The highest BCUT2D eigenvalue weighted by Crippen LogP contribution is 2.40. The number of hydrogen-bond acceptors (Lipinski definition) is 4. The quantitative estimate of drug-likeness (QED) is 0.530. The Morgan fingerprint density at radius 3 is 2.70 bits per heavy atom. The predicted molar refractivity (Wildman–Crippen MR) is 115 cm³/mol. The Morgan fingerprint density at radius 2 is 2.03 bits per heavy atom. The lowest BCUT2D eigenvalue weighted by molar-refractivity contribution is 0.0952. The molecular formula is C22H21ClN6O. The summed E-state index contributed by atoms with van der Waals surface area (Å²) in [5.41, 5.74) is 5.13. The van der Waals surface area contributed by atoms with E-state index in [2.05, 4.69) is 15.5 Å². The van der Waals surface area contributed by atoms with Crippen LogP contribution in [-0.2, 0) is 13.6 Å². The number of carbonyl (C=O) groups excluding carboxylic acids is 1. The Bertz CT molecular complexity index is 1250. The third kappa shape index (κ3) is 3.45. The van der Waals surface area contributed by atoms with E-state index < -0.39 is 0 Å². The largest absolute Gasteiger partial charge is 0.348 e. The number of nitrogens with zero attached hydrogens (tertiary/aromatic N) is 5. The number of amides is 1. The number of rotatable bonds is 5. The molecule has 3 heterocycles. The highest BCUT2D eigenvalue weighted by atomic mass is 35.5. The van der Waals surface area contributed by atoms with Gasteiger partial charge in [-0.05, 0) is 43.5 Å². The fraction of sp³-hybridized carbons (Fsp3) is 0.273. The molecule has 1 aliphatic rings. The fourth-order valence-corrected chi connectivity index (χ4v) is 3.85. The minimum Gasteiger partial charge on any atom is -0.348 e. The summed E-state index contributed by atoms with van der Waals surface area (Å²) in [6.07, 6.45) is 5.61. The van der Waals surface area contributed by atoms with Crippen molar-refractivity contribution in [1.82, 2.24) is 29.9 Å². The molecule has 3 aromatic heterocycles. The van der Waals surface area contributed by atoms with Crippen molar-refractivity contribution in [1.29, 1.82) is 0 Å². The second kappa shape index (κ2) is 7.25. The van der Waals surface area contributed by atoms with Crippen LogP contribution < -0.4 is 5.32 Å². The Morgan fingerprint density at radius 1 is 1.27 bits per heavy atom. The van der Waals surface area contributed by atoms with Crippen LogP contribution in [0.4, 0.5) is 0 Å². The van der Waals surface area contributed by atoms with E-state index >= 15 is 0 Å². The monoisotopic (exact) mass is 420 g/mol. The van der Waals surface area contributed by atoms with Crippen LogP contribution in [0.15, 0.2) is 42.7 Å². The maximum Gasteiger partial charge on any atom is 0.252 e. The SMILES string of the molecule is Cc1nn(C)c2nc(C3CC3)cc(C(=O)NCc3ccc(-n4cc(Cl)cn4)cc3)c12. The van der Waals surface area contributed by atoms with E-state index in [1.54, 1.807) is 21.8 Å². The van der Waals surface area contributed by atoms with Gasteiger partial charge in [0.25, 0.3) is 5.91 Å². The van der Waals surface area contributed by atoms with E-state index in [9.17, 15) is 4.79 Å². The van der Waals surface area contributed by atoms with Gasteiger partial charge in [0.2, 0.25) is 0 Å². The summed E-state index contributed by atoms with van der Waals surface area (Å²) in [6.45, 7) is 2.35. The van der Waals surface area contributed by atoms with Crippen molar-refractivity contribution < 1.29 is 4.79 Å². The molecular weight excluding hydrogens is 400 g/mol. The minimum atomic E-state index is -0.108. The van der Waals surface area contributed by atoms with Crippen LogP contribution in [0.2, 0.25) is 5.02 Å². The van der Waals surface area contributed by atoms with Crippen LogP contribution in [0.3, 0.4) is 0 Å². The number of aromatic nitrogens is 5. The zero-order valence-corrected chi connectivity index (χ0v) is 17.5. The van der Waals surface area contributed by atoms with Gasteiger partial charge in [-0.25, -0.2) is 9.67 Å². The smallest absolute Gasteiger partial charge is 0.252 e. The van der Waals surface area contributed by atoms with Crippen LogP contribution in [0.25, 0.3) is 16.7 Å². The molecule has 0 unspecified atom stereocenters. The lowest BCUT2D eigenvalue weighted by Gasteiger charge is -2.10. The summed E-state index contributed by atoms with van der Waals surface area (Å²) in [4.78, 5) is 17.8. The summed E-state index contributed by atoms with van der Waals surface area (Å²) < 4.78 is 3.47. The third-order valence-corrected chi connectivity index (χ3v) is 5.63. The first-order chi connectivity index (χ1) is 14.5. The Kier molecular flexibility index (Phi) is 4.55. The van der Waals surface area contributed by atoms with E-state index in [1.165, 1.54) is 0 Å². The molecule has 7 nitrogen and oxygen atoms in total. The maximum atomic E-state index is 13.1. The fourth-order valence-electron chi connectivity index (χ4n) is 3.72. The van der Waals surface area contributed by atoms with Gasteiger partial charge in [0.15, 0.2) is 5.65 Å². The zero-order valence-electron chi connectivity index (χ0n) is 16.8. The molecule has 1 N–H and O–H groups in total. The zero-order chi connectivity index (χ0) is 20.8. The molecule has 152 valence electrons. The number of fused-ring (bicyclic) bond motifs is 1. The molecule has 1 aromatic carbocycles. The second-order valence-electron chi connectivity index (χ2n) is 7.73. The van der Waals surface area contributed by atoms with Crippen LogP contribution in [-0.4, -0.2) is 30.5 Å². The molecule has 1 aliphatic carbocycles. The van der Waals surface area contributed by atoms with Crippen molar-refractivity contribution >= 4 is 28.5 Å². The average molecular weight is 421 g/mol.